The zero-order valence-electron chi connectivity index (χ0n) is 17.0. The van der Waals surface area contributed by atoms with Crippen molar-refractivity contribution in [1.82, 2.24) is 0 Å². The third-order valence-electron chi connectivity index (χ3n) is 3.19. The van der Waals surface area contributed by atoms with Gasteiger partial charge in [-0.05, 0) is 65.5 Å². The van der Waals surface area contributed by atoms with E-state index in [1.807, 2.05) is 0 Å². The van der Waals surface area contributed by atoms with E-state index in [4.69, 9.17) is 24.7 Å². The fourth-order valence-corrected chi connectivity index (χ4v) is 32.7. The number of hydrogen-bond donors (Lipinski definition) is 0. The van der Waals surface area contributed by atoms with Gasteiger partial charge in [0.1, 0.15) is 0 Å². The molecular formula is C11H36O6Si7. The fourth-order valence-electron chi connectivity index (χ4n) is 3.06. The SMILES string of the molecule is C[SiH]1O[SiH](C)O[SiH](C[Si](C)(C)O[Si](C)(C)O[Si](C)(C)C)O[SiH](C)O1. The normalized spacial score (nSPS) is 30.8. The van der Waals surface area contributed by atoms with Crippen molar-refractivity contribution in [3.63, 3.8) is 0 Å². The van der Waals surface area contributed by atoms with Gasteiger partial charge in [-0.2, -0.15) is 0 Å². The summed E-state index contributed by atoms with van der Waals surface area (Å²) >= 11 is 0. The predicted octanol–water partition coefficient (Wildman–Crippen LogP) is 2.15. The molecule has 0 spiro atoms. The topological polar surface area (TPSA) is 55.4 Å². The highest BCUT2D eigenvalue weighted by atomic mass is 28.5. The maximum Gasteiger partial charge on any atom is 0.311 e. The molecule has 0 bridgehead atoms. The van der Waals surface area contributed by atoms with E-state index >= 15 is 0 Å². The van der Waals surface area contributed by atoms with Crippen LogP contribution in [0, 0.1) is 0 Å². The van der Waals surface area contributed by atoms with Gasteiger partial charge in [0.25, 0.3) is 27.9 Å². The van der Waals surface area contributed by atoms with E-state index in [0.717, 1.165) is 5.67 Å². The van der Waals surface area contributed by atoms with Gasteiger partial charge in [-0.3, -0.25) is 0 Å². The van der Waals surface area contributed by atoms with E-state index in [0.29, 0.717) is 0 Å². The maximum atomic E-state index is 6.59. The molecule has 0 aliphatic carbocycles. The van der Waals surface area contributed by atoms with Crippen LogP contribution in [0.25, 0.3) is 0 Å². The average Bonchev–Trinajstić information content (AvgIpc) is 2.18. The standard InChI is InChI=1S/C11H36O6Si7/c1-18-12-19(2)14-21(15-20(3)13-18)11-23(7,8)17-24(9,10)16-22(4,5)6/h18-21H,11H2,1-10H3. The van der Waals surface area contributed by atoms with Gasteiger partial charge < -0.3 is 24.7 Å². The molecule has 0 aromatic rings. The minimum absolute atomic E-state index is 0.926. The average molecular weight is 461 g/mol. The predicted molar refractivity (Wildman–Crippen MR) is 116 cm³/mol. The van der Waals surface area contributed by atoms with Gasteiger partial charge in [0.05, 0.1) is 0 Å². The second kappa shape index (κ2) is 8.98. The Morgan fingerprint density at radius 3 is 1.50 bits per heavy atom. The highest BCUT2D eigenvalue weighted by Gasteiger charge is 2.41. The number of hydrogen-bond acceptors (Lipinski definition) is 6. The van der Waals surface area contributed by atoms with Gasteiger partial charge in [0.2, 0.25) is 0 Å². The molecule has 0 N–H and O–H groups in total. The van der Waals surface area contributed by atoms with Crippen LogP contribution in [-0.2, 0) is 24.7 Å². The smallest absolute Gasteiger partial charge is 0.311 e. The molecule has 13 heteroatoms. The lowest BCUT2D eigenvalue weighted by molar-refractivity contribution is 0.292. The van der Waals surface area contributed by atoms with Crippen molar-refractivity contribution in [2.75, 3.05) is 0 Å². The van der Waals surface area contributed by atoms with Crippen molar-refractivity contribution in [3.8, 4) is 0 Å². The molecule has 1 fully saturated rings. The Morgan fingerprint density at radius 2 is 1.08 bits per heavy atom. The molecule has 1 heterocycles. The van der Waals surface area contributed by atoms with Crippen molar-refractivity contribution in [1.29, 1.82) is 0 Å². The quantitative estimate of drug-likeness (QED) is 0.566. The summed E-state index contributed by atoms with van der Waals surface area (Å²) in [5.41, 5.74) is 0.926. The van der Waals surface area contributed by atoms with Gasteiger partial charge in [-0.15, -0.1) is 0 Å². The highest BCUT2D eigenvalue weighted by molar-refractivity contribution is 6.91. The summed E-state index contributed by atoms with van der Waals surface area (Å²) in [6, 6.07) is 0. The van der Waals surface area contributed by atoms with Crippen molar-refractivity contribution in [2.24, 2.45) is 0 Å². The summed E-state index contributed by atoms with van der Waals surface area (Å²) in [7, 11) is -12.3. The summed E-state index contributed by atoms with van der Waals surface area (Å²) < 4.78 is 37.3. The molecule has 0 amide bonds. The van der Waals surface area contributed by atoms with Gasteiger partial charge in [-0.25, -0.2) is 0 Å². The Hall–Kier alpha value is 1.28. The lowest BCUT2D eigenvalue weighted by atomic mass is 11.8. The Balaban J connectivity index is 2.70. The minimum Gasteiger partial charge on any atom is -0.437 e. The second-order valence-electron chi connectivity index (χ2n) is 8.36. The van der Waals surface area contributed by atoms with E-state index in [9.17, 15) is 0 Å². The fraction of sp³-hybridized carbons (Fsp3) is 1.00. The molecule has 1 aliphatic heterocycles. The van der Waals surface area contributed by atoms with E-state index in [1.165, 1.54) is 0 Å². The maximum absolute atomic E-state index is 6.59. The van der Waals surface area contributed by atoms with Crippen molar-refractivity contribution in [3.05, 3.63) is 0 Å². The van der Waals surface area contributed by atoms with E-state index in [-0.39, 0.29) is 0 Å². The summed E-state index contributed by atoms with van der Waals surface area (Å²) in [6.07, 6.45) is 0. The first-order chi connectivity index (χ1) is 10.7. The summed E-state index contributed by atoms with van der Waals surface area (Å²) in [5, 5.41) is 0. The molecule has 0 radical (unpaired) electrons. The molecule has 0 saturated carbocycles. The minimum atomic E-state index is -2.12. The highest BCUT2D eigenvalue weighted by Crippen LogP contribution is 2.25. The number of rotatable bonds is 6. The summed E-state index contributed by atoms with van der Waals surface area (Å²) in [5.74, 6) is 0. The Labute approximate surface area is 158 Å². The molecule has 2 atom stereocenters. The van der Waals surface area contributed by atoms with Crippen LogP contribution < -0.4 is 0 Å². The molecule has 24 heavy (non-hydrogen) atoms. The molecule has 1 saturated heterocycles. The summed E-state index contributed by atoms with van der Waals surface area (Å²) in [6.45, 7) is 21.7. The second-order valence-corrected chi connectivity index (χ2v) is 30.8. The summed E-state index contributed by atoms with van der Waals surface area (Å²) in [4.78, 5) is 0. The molecule has 0 aromatic carbocycles. The van der Waals surface area contributed by atoms with Crippen LogP contribution in [-0.4, -0.2) is 62.3 Å². The first kappa shape index (κ1) is 23.3. The van der Waals surface area contributed by atoms with Crippen LogP contribution in [0.5, 0.6) is 0 Å². The Kier molecular flexibility index (Phi) is 8.72. The molecule has 1 rings (SSSR count). The van der Waals surface area contributed by atoms with Gasteiger partial charge in [0.15, 0.2) is 16.6 Å². The van der Waals surface area contributed by atoms with Crippen molar-refractivity contribution in [2.45, 2.75) is 71.1 Å². The molecule has 6 nitrogen and oxygen atoms in total. The van der Waals surface area contributed by atoms with Crippen molar-refractivity contribution < 1.29 is 24.7 Å². The van der Waals surface area contributed by atoms with Crippen LogP contribution in [0.15, 0.2) is 0 Å². The Bertz CT molecular complexity index is 391. The zero-order chi connectivity index (χ0) is 18.8. The Morgan fingerprint density at radius 1 is 0.667 bits per heavy atom. The third kappa shape index (κ3) is 9.83. The molecule has 1 aliphatic rings. The largest absolute Gasteiger partial charge is 0.437 e. The molecule has 0 aromatic heterocycles. The molecule has 2 unspecified atom stereocenters. The van der Waals surface area contributed by atoms with Crippen LogP contribution in [0.2, 0.25) is 71.1 Å². The van der Waals surface area contributed by atoms with Gasteiger partial charge in [0, 0.05) is 5.67 Å². The van der Waals surface area contributed by atoms with E-state index in [1.54, 1.807) is 0 Å². The lowest BCUT2D eigenvalue weighted by Gasteiger charge is -2.39. The van der Waals surface area contributed by atoms with Crippen LogP contribution in [0.4, 0.5) is 0 Å². The van der Waals surface area contributed by atoms with Crippen LogP contribution in [0.3, 0.4) is 0 Å². The zero-order valence-corrected chi connectivity index (χ0v) is 24.6. The van der Waals surface area contributed by atoms with Gasteiger partial charge in [-0.1, -0.05) is 0 Å². The third-order valence-corrected chi connectivity index (χ3v) is 28.7. The monoisotopic (exact) mass is 460 g/mol. The van der Waals surface area contributed by atoms with E-state index < -0.39 is 62.3 Å². The lowest BCUT2D eigenvalue weighted by Crippen LogP contribution is -2.54. The van der Waals surface area contributed by atoms with Crippen LogP contribution >= 0.6 is 0 Å². The van der Waals surface area contributed by atoms with E-state index in [2.05, 4.69) is 65.5 Å². The molecular weight excluding hydrogens is 425 g/mol. The first-order valence-corrected chi connectivity index (χ1v) is 26.1. The van der Waals surface area contributed by atoms with Crippen molar-refractivity contribution >= 4 is 62.3 Å². The molecule has 144 valence electrons. The first-order valence-electron chi connectivity index (χ1n) is 8.70. The van der Waals surface area contributed by atoms with Crippen LogP contribution in [0.1, 0.15) is 0 Å². The van der Waals surface area contributed by atoms with Gasteiger partial charge >= 0.3 is 17.8 Å².